The number of amides is 1. The van der Waals surface area contributed by atoms with Crippen LogP contribution in [0, 0.1) is 0 Å². The molecule has 1 heterocycles. The molecule has 1 fully saturated rings. The van der Waals surface area contributed by atoms with Crippen molar-refractivity contribution in [2.24, 2.45) is 0 Å². The molecule has 0 bridgehead atoms. The molecular weight excluding hydrogens is 200 g/mol. The van der Waals surface area contributed by atoms with Crippen LogP contribution in [-0.4, -0.2) is 36.5 Å². The van der Waals surface area contributed by atoms with E-state index in [9.17, 15) is 4.79 Å². The van der Waals surface area contributed by atoms with Gasteiger partial charge in [0.1, 0.15) is 0 Å². The van der Waals surface area contributed by atoms with Crippen LogP contribution in [0.2, 0.25) is 0 Å². The second-order valence-electron chi connectivity index (χ2n) is 5.03. The average Bonchev–Trinajstić information content (AvgIpc) is 2.49. The smallest absolute Gasteiger partial charge is 0.239 e. The molecule has 0 saturated carbocycles. The van der Waals surface area contributed by atoms with Gasteiger partial charge < -0.3 is 10.2 Å². The molecule has 1 saturated heterocycles. The minimum atomic E-state index is 0.0479. The lowest BCUT2D eigenvalue weighted by molar-refractivity contribution is -0.128. The normalized spacial score (nSPS) is 22.4. The molecular formula is C13H24N2O. The standard InChI is InChI=1S/C13H24N2O/c1-10(2)6-5-7-11(3)14-12-8-9-15(4)13(12)16/h6,11-12,14H,5,7-9H2,1-4H3. The summed E-state index contributed by atoms with van der Waals surface area (Å²) in [5, 5.41) is 3.41. The van der Waals surface area contributed by atoms with Crippen molar-refractivity contribution in [2.45, 2.75) is 52.1 Å². The molecule has 0 spiro atoms. The molecule has 1 rings (SSSR count). The minimum Gasteiger partial charge on any atom is -0.344 e. The van der Waals surface area contributed by atoms with Crippen LogP contribution in [0.1, 0.15) is 40.0 Å². The van der Waals surface area contributed by atoms with E-state index in [1.54, 1.807) is 4.90 Å². The topological polar surface area (TPSA) is 32.3 Å². The van der Waals surface area contributed by atoms with Crippen LogP contribution in [-0.2, 0) is 4.79 Å². The Morgan fingerprint density at radius 2 is 2.31 bits per heavy atom. The highest BCUT2D eigenvalue weighted by atomic mass is 16.2. The summed E-state index contributed by atoms with van der Waals surface area (Å²) in [5.41, 5.74) is 1.36. The van der Waals surface area contributed by atoms with E-state index < -0.39 is 0 Å². The molecule has 16 heavy (non-hydrogen) atoms. The molecule has 3 nitrogen and oxygen atoms in total. The number of nitrogens with zero attached hydrogens (tertiary/aromatic N) is 1. The predicted molar refractivity (Wildman–Crippen MR) is 67.3 cm³/mol. The number of nitrogens with one attached hydrogen (secondary N) is 1. The molecule has 0 radical (unpaired) electrons. The van der Waals surface area contributed by atoms with Crippen molar-refractivity contribution >= 4 is 5.91 Å². The molecule has 3 heteroatoms. The van der Waals surface area contributed by atoms with Crippen molar-refractivity contribution in [3.63, 3.8) is 0 Å². The lowest BCUT2D eigenvalue weighted by Crippen LogP contribution is -2.41. The van der Waals surface area contributed by atoms with Gasteiger partial charge in [-0.2, -0.15) is 0 Å². The van der Waals surface area contributed by atoms with Crippen LogP contribution in [0.5, 0.6) is 0 Å². The second kappa shape index (κ2) is 6.04. The van der Waals surface area contributed by atoms with E-state index in [0.717, 1.165) is 25.8 Å². The third-order valence-corrected chi connectivity index (χ3v) is 3.07. The minimum absolute atomic E-state index is 0.0479. The molecule has 1 amide bonds. The molecule has 1 N–H and O–H groups in total. The van der Waals surface area contributed by atoms with Crippen LogP contribution >= 0.6 is 0 Å². The Hall–Kier alpha value is -0.830. The van der Waals surface area contributed by atoms with Crippen LogP contribution in [0.15, 0.2) is 11.6 Å². The van der Waals surface area contributed by atoms with Crippen LogP contribution in [0.4, 0.5) is 0 Å². The molecule has 0 aliphatic carbocycles. The van der Waals surface area contributed by atoms with Crippen molar-refractivity contribution in [1.82, 2.24) is 10.2 Å². The van der Waals surface area contributed by atoms with Gasteiger partial charge in [-0.1, -0.05) is 11.6 Å². The number of rotatable bonds is 5. The number of carbonyl (C=O) groups excluding carboxylic acids is 1. The fourth-order valence-electron chi connectivity index (χ4n) is 2.03. The van der Waals surface area contributed by atoms with Gasteiger partial charge in [0.25, 0.3) is 0 Å². The Morgan fingerprint density at radius 3 is 2.81 bits per heavy atom. The Kier molecular flexibility index (Phi) is 5.00. The Labute approximate surface area is 98.9 Å². The van der Waals surface area contributed by atoms with Crippen LogP contribution < -0.4 is 5.32 Å². The number of hydrogen-bond donors (Lipinski definition) is 1. The lowest BCUT2D eigenvalue weighted by Gasteiger charge is -2.17. The van der Waals surface area contributed by atoms with E-state index in [2.05, 4.69) is 32.2 Å². The maximum Gasteiger partial charge on any atom is 0.239 e. The van der Waals surface area contributed by atoms with Gasteiger partial charge in [-0.3, -0.25) is 4.79 Å². The Balaban J connectivity index is 2.27. The van der Waals surface area contributed by atoms with E-state index in [1.807, 2.05) is 7.05 Å². The lowest BCUT2D eigenvalue weighted by atomic mass is 10.1. The largest absolute Gasteiger partial charge is 0.344 e. The Bertz CT molecular complexity index is 269. The number of carbonyl (C=O) groups is 1. The highest BCUT2D eigenvalue weighted by Gasteiger charge is 2.29. The number of allylic oxidation sites excluding steroid dienone is 2. The maximum atomic E-state index is 11.7. The summed E-state index contributed by atoms with van der Waals surface area (Å²) in [5.74, 6) is 0.245. The van der Waals surface area contributed by atoms with Gasteiger partial charge in [-0.25, -0.2) is 0 Å². The van der Waals surface area contributed by atoms with Crippen molar-refractivity contribution in [3.05, 3.63) is 11.6 Å². The Morgan fingerprint density at radius 1 is 1.62 bits per heavy atom. The first-order valence-corrected chi connectivity index (χ1v) is 6.15. The summed E-state index contributed by atoms with van der Waals surface area (Å²) in [6, 6.07) is 0.461. The van der Waals surface area contributed by atoms with Gasteiger partial charge in [0.2, 0.25) is 5.91 Å². The molecule has 2 unspecified atom stereocenters. The fraction of sp³-hybridized carbons (Fsp3) is 0.769. The van der Waals surface area contributed by atoms with E-state index >= 15 is 0 Å². The first-order chi connectivity index (χ1) is 7.50. The zero-order chi connectivity index (χ0) is 12.1. The second-order valence-corrected chi connectivity index (χ2v) is 5.03. The van der Waals surface area contributed by atoms with Crippen molar-refractivity contribution in [1.29, 1.82) is 0 Å². The number of likely N-dealkylation sites (tertiary alicyclic amines) is 1. The highest BCUT2D eigenvalue weighted by molar-refractivity contribution is 5.83. The van der Waals surface area contributed by atoms with Gasteiger partial charge in [-0.15, -0.1) is 0 Å². The monoisotopic (exact) mass is 224 g/mol. The summed E-state index contributed by atoms with van der Waals surface area (Å²) >= 11 is 0. The van der Waals surface area contributed by atoms with Gasteiger partial charge in [0.05, 0.1) is 6.04 Å². The van der Waals surface area contributed by atoms with E-state index in [-0.39, 0.29) is 11.9 Å². The summed E-state index contributed by atoms with van der Waals surface area (Å²) in [6.07, 6.45) is 5.38. The molecule has 2 atom stereocenters. The van der Waals surface area contributed by atoms with Crippen LogP contribution in [0.3, 0.4) is 0 Å². The molecule has 0 aromatic heterocycles. The third-order valence-electron chi connectivity index (χ3n) is 3.07. The summed E-state index contributed by atoms with van der Waals surface area (Å²) in [6.45, 7) is 7.28. The van der Waals surface area contributed by atoms with Gasteiger partial charge in [0, 0.05) is 19.6 Å². The fourth-order valence-corrected chi connectivity index (χ4v) is 2.03. The van der Waals surface area contributed by atoms with Gasteiger partial charge in [0.15, 0.2) is 0 Å². The molecule has 0 aromatic rings. The quantitative estimate of drug-likeness (QED) is 0.724. The highest BCUT2D eigenvalue weighted by Crippen LogP contribution is 2.11. The molecule has 1 aliphatic rings. The van der Waals surface area contributed by atoms with E-state index in [1.165, 1.54) is 5.57 Å². The average molecular weight is 224 g/mol. The third kappa shape index (κ3) is 3.97. The van der Waals surface area contributed by atoms with E-state index in [0.29, 0.717) is 6.04 Å². The molecule has 92 valence electrons. The SMILES string of the molecule is CC(C)=CCCC(C)NC1CCN(C)C1=O. The summed E-state index contributed by atoms with van der Waals surface area (Å²) in [4.78, 5) is 13.5. The van der Waals surface area contributed by atoms with Crippen LogP contribution in [0.25, 0.3) is 0 Å². The van der Waals surface area contributed by atoms with Gasteiger partial charge in [-0.05, 0) is 40.0 Å². The van der Waals surface area contributed by atoms with E-state index in [4.69, 9.17) is 0 Å². The first kappa shape index (κ1) is 13.2. The number of hydrogen-bond acceptors (Lipinski definition) is 2. The van der Waals surface area contributed by atoms with Gasteiger partial charge >= 0.3 is 0 Å². The maximum absolute atomic E-state index is 11.7. The van der Waals surface area contributed by atoms with Crippen molar-refractivity contribution in [3.8, 4) is 0 Å². The van der Waals surface area contributed by atoms with Crippen molar-refractivity contribution in [2.75, 3.05) is 13.6 Å². The molecule has 1 aliphatic heterocycles. The zero-order valence-corrected chi connectivity index (χ0v) is 10.9. The first-order valence-electron chi connectivity index (χ1n) is 6.15. The molecule has 0 aromatic carbocycles. The summed E-state index contributed by atoms with van der Waals surface area (Å²) in [7, 11) is 1.87. The number of likely N-dealkylation sites (N-methyl/N-ethyl adjacent to an activating group) is 1. The van der Waals surface area contributed by atoms with Crippen molar-refractivity contribution < 1.29 is 4.79 Å². The zero-order valence-electron chi connectivity index (χ0n) is 10.9. The summed E-state index contributed by atoms with van der Waals surface area (Å²) < 4.78 is 0. The predicted octanol–water partition coefficient (Wildman–Crippen LogP) is 1.94.